The Kier molecular flexibility index (Phi) is 15.9. The number of allylic oxidation sites excluding steroid dienone is 1. The maximum Gasteiger partial charge on any atom is 0.319 e. The third-order valence-electron chi connectivity index (χ3n) is 21.1. The predicted octanol–water partition coefficient (Wildman–Crippen LogP) is -2.09. The molecule has 0 aromatic carbocycles. The fraction of sp³-hybridized carbons (Fsp3) is 0.944. The molecule has 6 aliphatic heterocycles. The minimum Gasteiger partial charge on any atom is -0.453 e. The van der Waals surface area contributed by atoms with Crippen LogP contribution in [0, 0.1) is 33.5 Å². The Hall–Kier alpha value is -1.67. The van der Waals surface area contributed by atoms with Crippen LogP contribution in [0.15, 0.2) is 11.6 Å². The van der Waals surface area contributed by atoms with Gasteiger partial charge < -0.3 is 113 Å². The van der Waals surface area contributed by atoms with E-state index in [0.29, 0.717) is 38.5 Å². The Morgan fingerprint density at radius 2 is 1.23 bits per heavy atom. The van der Waals surface area contributed by atoms with Gasteiger partial charge in [0.05, 0.1) is 43.7 Å². The van der Waals surface area contributed by atoms with E-state index in [1.807, 2.05) is 26.8 Å². The molecule has 9 fully saturated rings. The number of cyclic esters (lactones) is 1. The van der Waals surface area contributed by atoms with E-state index < -0.39 is 193 Å². The number of methoxy groups -OCH3 is 1. The van der Waals surface area contributed by atoms with Gasteiger partial charge in [0.1, 0.15) is 103 Å². The second-order valence-electron chi connectivity index (χ2n) is 26.0. The summed E-state index contributed by atoms with van der Waals surface area (Å²) in [6.07, 6.45) is -26.0. The standard InChI is InChI=1S/C54H86O24/c1-22-39(74-45-38(65)41(34(61)27(20-56)72-45)75-44-37(64)40(68-9)33(60)26(19-55)71-44)35(62)36(63)43(70-22)76-42-32(59)25(57)21-69-46(42)73-30-13-15-50(6)24-18-29(58)54-47(66)78-52(8,31-12-14-48(2,3)77-31)53(54,67)17-16-51(54,7)23(24)10-11-28(50)49(30,4)5/h18,22-23,25-46,55-65,67H,10-17,19-21H2,1-9H3/t22-,23-,25-,26-,27-,28+,29-,30+,31?,32+,33-,34-,35-,36-,37-,38-,39-,40+,41+,42-,43+,44+,45+,46+,50-,51+,52+,53+,54-/m1/s1. The third-order valence-corrected chi connectivity index (χ3v) is 21.1. The first-order chi connectivity index (χ1) is 36.5. The van der Waals surface area contributed by atoms with Crippen LogP contribution in [0.2, 0.25) is 0 Å². The van der Waals surface area contributed by atoms with E-state index in [2.05, 4.69) is 20.8 Å². The number of hydrogen-bond donors (Lipinski definition) is 12. The van der Waals surface area contributed by atoms with Gasteiger partial charge in [0.15, 0.2) is 30.8 Å². The zero-order valence-electron chi connectivity index (χ0n) is 46.0. The van der Waals surface area contributed by atoms with Crippen molar-refractivity contribution in [3.63, 3.8) is 0 Å². The number of esters is 1. The molecule has 4 aliphatic carbocycles. The molecule has 6 saturated heterocycles. The second-order valence-corrected chi connectivity index (χ2v) is 26.0. The van der Waals surface area contributed by atoms with Crippen LogP contribution >= 0.6 is 0 Å². The molecule has 78 heavy (non-hydrogen) atoms. The molecule has 10 rings (SSSR count). The zero-order chi connectivity index (χ0) is 56.8. The molecule has 10 aliphatic rings. The molecule has 0 aromatic heterocycles. The van der Waals surface area contributed by atoms with Crippen LogP contribution in [0.5, 0.6) is 0 Å². The predicted molar refractivity (Wildman–Crippen MR) is 263 cm³/mol. The van der Waals surface area contributed by atoms with E-state index in [1.54, 1.807) is 6.92 Å². The first-order valence-corrected chi connectivity index (χ1v) is 27.9. The normalized spacial score (nSPS) is 55.6. The van der Waals surface area contributed by atoms with Crippen molar-refractivity contribution in [1.82, 2.24) is 0 Å². The monoisotopic (exact) mass is 1120 g/mol. The number of fused-ring (bicyclic) bond motifs is 4. The lowest BCUT2D eigenvalue weighted by atomic mass is 9.40. The number of carbonyl (C=O) groups is 1. The highest BCUT2D eigenvalue weighted by Gasteiger charge is 2.87. The first-order valence-electron chi connectivity index (χ1n) is 27.9. The van der Waals surface area contributed by atoms with Crippen LogP contribution in [0.1, 0.15) is 107 Å². The highest BCUT2D eigenvalue weighted by molar-refractivity contribution is 5.86. The molecule has 0 amide bonds. The van der Waals surface area contributed by atoms with Crippen molar-refractivity contribution in [2.45, 2.75) is 259 Å². The van der Waals surface area contributed by atoms with Gasteiger partial charge in [-0.25, -0.2) is 0 Å². The molecule has 24 heteroatoms. The van der Waals surface area contributed by atoms with Gasteiger partial charge >= 0.3 is 5.97 Å². The van der Waals surface area contributed by atoms with Crippen molar-refractivity contribution in [3.8, 4) is 0 Å². The summed E-state index contributed by atoms with van der Waals surface area (Å²) in [4.78, 5) is 14.6. The Morgan fingerprint density at radius 1 is 0.628 bits per heavy atom. The molecular weight excluding hydrogens is 1030 g/mol. The van der Waals surface area contributed by atoms with Gasteiger partial charge in [0.2, 0.25) is 0 Å². The zero-order valence-corrected chi connectivity index (χ0v) is 46.0. The molecule has 0 aromatic rings. The van der Waals surface area contributed by atoms with E-state index in [9.17, 15) is 66.1 Å². The molecule has 1 spiro atoms. The van der Waals surface area contributed by atoms with Crippen LogP contribution in [0.3, 0.4) is 0 Å². The molecular formula is C54H86O24. The van der Waals surface area contributed by atoms with Crippen LogP contribution in [0.25, 0.3) is 0 Å². The quantitative estimate of drug-likeness (QED) is 0.0566. The lowest BCUT2D eigenvalue weighted by Crippen LogP contribution is -2.69. The van der Waals surface area contributed by atoms with Crippen LogP contribution in [-0.2, 0) is 56.9 Å². The van der Waals surface area contributed by atoms with Crippen LogP contribution in [-0.4, -0.2) is 246 Å². The summed E-state index contributed by atoms with van der Waals surface area (Å²) in [6.45, 7) is 13.8. The Bertz CT molecular complexity index is 2220. The van der Waals surface area contributed by atoms with Gasteiger partial charge in [-0.2, -0.15) is 0 Å². The van der Waals surface area contributed by atoms with Gasteiger partial charge in [-0.1, -0.05) is 39.3 Å². The average molecular weight is 1120 g/mol. The largest absolute Gasteiger partial charge is 0.453 e. The summed E-state index contributed by atoms with van der Waals surface area (Å²) in [6, 6.07) is 0. The Labute approximate surface area is 453 Å². The van der Waals surface area contributed by atoms with E-state index in [-0.39, 0.29) is 24.9 Å². The molecule has 0 bridgehead atoms. The van der Waals surface area contributed by atoms with Crippen molar-refractivity contribution < 1.29 is 118 Å². The molecule has 12 N–H and O–H groups in total. The van der Waals surface area contributed by atoms with Crippen molar-refractivity contribution in [2.75, 3.05) is 26.9 Å². The number of hydrogen-bond acceptors (Lipinski definition) is 24. The van der Waals surface area contributed by atoms with E-state index in [0.717, 1.165) is 12.0 Å². The van der Waals surface area contributed by atoms with Crippen molar-refractivity contribution in [3.05, 3.63) is 11.6 Å². The van der Waals surface area contributed by atoms with E-state index in [1.165, 1.54) is 14.0 Å². The smallest absolute Gasteiger partial charge is 0.319 e. The van der Waals surface area contributed by atoms with Gasteiger partial charge in [0, 0.05) is 7.11 Å². The highest BCUT2D eigenvalue weighted by atomic mass is 16.8. The van der Waals surface area contributed by atoms with Crippen LogP contribution in [0.4, 0.5) is 0 Å². The Morgan fingerprint density at radius 3 is 1.85 bits per heavy atom. The SMILES string of the molecule is CO[C@@H]1[C@@H](O)[C@H](O[C@@H]2[C@@H](O)[C@H](O[C@H]3[C@H](O)[C@@H](O)[C@H](O[C@H]4[C@H](O[C@H]5CC[C@]6(C)C7=C[C@@H](O)[C@]89C(=O)O[C@@](C)(C%10CCC(C)(C)O%10)[C@@]8(O)CC[C@@]9(C)[C@@H]7CC[C@H]6C5(C)C)OC[C@@H](O)[C@@H]4O)O[C@@H]3C)O[C@H](CO)[C@H]2O)O[C@H](CO)[C@H]1O. The van der Waals surface area contributed by atoms with E-state index in [4.69, 9.17) is 52.1 Å². The second kappa shape index (κ2) is 20.8. The first kappa shape index (κ1) is 59.5. The lowest BCUT2D eigenvalue weighted by Gasteiger charge is -2.64. The topological polar surface area (TPSA) is 361 Å². The Balaban J connectivity index is 0.823. The summed E-state index contributed by atoms with van der Waals surface area (Å²) in [5.74, 6) is -0.775. The summed E-state index contributed by atoms with van der Waals surface area (Å²) in [5.41, 5.74) is -6.01. The fourth-order valence-electron chi connectivity index (χ4n) is 16.7. The summed E-state index contributed by atoms with van der Waals surface area (Å²) < 4.78 is 66.1. The molecule has 1 unspecified atom stereocenters. The molecule has 24 nitrogen and oxygen atoms in total. The van der Waals surface area contributed by atoms with Gasteiger partial charge in [-0.05, 0) is 107 Å². The number of rotatable bonds is 12. The van der Waals surface area contributed by atoms with E-state index >= 15 is 0 Å². The molecule has 6 heterocycles. The van der Waals surface area contributed by atoms with Crippen molar-refractivity contribution >= 4 is 5.97 Å². The molecule has 29 atom stereocenters. The summed E-state index contributed by atoms with van der Waals surface area (Å²) in [5, 5.41) is 135. The minimum atomic E-state index is -1.92. The van der Waals surface area contributed by atoms with Crippen LogP contribution < -0.4 is 0 Å². The highest BCUT2D eigenvalue weighted by Crippen LogP contribution is 2.77. The van der Waals surface area contributed by atoms with Gasteiger partial charge in [-0.3, -0.25) is 4.79 Å². The molecule has 3 saturated carbocycles. The fourth-order valence-corrected chi connectivity index (χ4v) is 16.7. The van der Waals surface area contributed by atoms with Crippen molar-refractivity contribution in [2.24, 2.45) is 33.5 Å². The molecule has 446 valence electrons. The summed E-state index contributed by atoms with van der Waals surface area (Å²) in [7, 11) is 1.20. The number of carbonyl (C=O) groups excluding carboxylic acids is 1. The summed E-state index contributed by atoms with van der Waals surface area (Å²) >= 11 is 0. The third kappa shape index (κ3) is 8.70. The maximum absolute atomic E-state index is 14.6. The van der Waals surface area contributed by atoms with Crippen molar-refractivity contribution in [1.29, 1.82) is 0 Å². The maximum atomic E-state index is 14.6. The number of aliphatic hydroxyl groups is 12. The minimum absolute atomic E-state index is 0.0338. The number of aliphatic hydroxyl groups excluding tert-OH is 11. The average Bonchev–Trinajstić information content (AvgIpc) is 2.05. The van der Waals surface area contributed by atoms with Gasteiger partial charge in [-0.15, -0.1) is 0 Å². The lowest BCUT2D eigenvalue weighted by molar-refractivity contribution is -0.389. The number of ether oxygens (including phenoxy) is 11. The molecule has 0 radical (unpaired) electrons. The van der Waals surface area contributed by atoms with Gasteiger partial charge in [0.25, 0.3) is 0 Å².